The van der Waals surface area contributed by atoms with Crippen LogP contribution in [0.25, 0.3) is 0 Å². The lowest BCUT2D eigenvalue weighted by molar-refractivity contribution is 0.464. The number of rotatable bonds is 3. The van der Waals surface area contributed by atoms with Gasteiger partial charge in [0.2, 0.25) is 0 Å². The van der Waals surface area contributed by atoms with Crippen molar-refractivity contribution in [2.75, 3.05) is 0 Å². The Bertz CT molecular complexity index is 292. The summed E-state index contributed by atoms with van der Waals surface area (Å²) in [5.74, 6) is 0. The molecule has 0 atom stereocenters. The van der Waals surface area contributed by atoms with Gasteiger partial charge in [0.15, 0.2) is 0 Å². The number of hydrogen-bond donors (Lipinski definition) is 1. The highest BCUT2D eigenvalue weighted by Gasteiger charge is 2.08. The second-order valence-electron chi connectivity index (χ2n) is 4.19. The molecule has 1 aromatic carbocycles. The number of nitrogens with one attached hydrogen (secondary N) is 1. The van der Waals surface area contributed by atoms with Crippen LogP contribution in [0.3, 0.4) is 0 Å². The summed E-state index contributed by atoms with van der Waals surface area (Å²) in [7, 11) is 0. The van der Waals surface area contributed by atoms with E-state index >= 15 is 0 Å². The summed E-state index contributed by atoms with van der Waals surface area (Å²) in [6.07, 6.45) is 9.64. The molecular weight excluding hydrogens is 182 g/mol. The van der Waals surface area contributed by atoms with Gasteiger partial charge in [-0.25, -0.2) is 0 Å². The first-order valence-corrected chi connectivity index (χ1v) is 5.87. The molecule has 1 aromatic rings. The van der Waals surface area contributed by atoms with Gasteiger partial charge >= 0.3 is 0 Å². The third-order valence-electron chi connectivity index (χ3n) is 2.97. The quantitative estimate of drug-likeness (QED) is 0.740. The summed E-state index contributed by atoms with van der Waals surface area (Å²) in [6.45, 7) is 1.01. The molecular formula is C14H19N. The minimum Gasteiger partial charge on any atom is -0.310 e. The van der Waals surface area contributed by atoms with Crippen LogP contribution >= 0.6 is 0 Å². The maximum Gasteiger partial charge on any atom is 0.0208 e. The van der Waals surface area contributed by atoms with Gasteiger partial charge in [-0.1, -0.05) is 42.5 Å². The lowest BCUT2D eigenvalue weighted by Gasteiger charge is -2.16. The molecule has 1 N–H and O–H groups in total. The van der Waals surface area contributed by atoms with E-state index in [2.05, 4.69) is 47.8 Å². The average molecular weight is 201 g/mol. The Morgan fingerprint density at radius 2 is 1.67 bits per heavy atom. The Balaban J connectivity index is 1.78. The second-order valence-corrected chi connectivity index (χ2v) is 4.19. The molecule has 1 heteroatoms. The van der Waals surface area contributed by atoms with E-state index in [-0.39, 0.29) is 0 Å². The zero-order chi connectivity index (χ0) is 10.3. The molecule has 0 fully saturated rings. The van der Waals surface area contributed by atoms with E-state index in [0.717, 1.165) is 6.54 Å². The first-order chi connectivity index (χ1) is 7.45. The van der Waals surface area contributed by atoms with Crippen molar-refractivity contribution >= 4 is 0 Å². The fourth-order valence-electron chi connectivity index (χ4n) is 2.04. The molecule has 1 aliphatic rings. The summed E-state index contributed by atoms with van der Waals surface area (Å²) in [5, 5.41) is 3.64. The Morgan fingerprint density at radius 1 is 1.00 bits per heavy atom. The first-order valence-electron chi connectivity index (χ1n) is 5.87. The monoisotopic (exact) mass is 201 g/mol. The van der Waals surface area contributed by atoms with E-state index in [9.17, 15) is 0 Å². The SMILES string of the molecule is C1=CCCC(NCc2ccccc2)CC1. The molecule has 0 bridgehead atoms. The van der Waals surface area contributed by atoms with Crippen LogP contribution in [0, 0.1) is 0 Å². The highest BCUT2D eigenvalue weighted by molar-refractivity contribution is 5.14. The summed E-state index contributed by atoms with van der Waals surface area (Å²) in [6, 6.07) is 11.3. The van der Waals surface area contributed by atoms with Crippen molar-refractivity contribution in [3.8, 4) is 0 Å². The smallest absolute Gasteiger partial charge is 0.0208 e. The van der Waals surface area contributed by atoms with E-state index in [4.69, 9.17) is 0 Å². The van der Waals surface area contributed by atoms with Crippen LogP contribution < -0.4 is 5.32 Å². The van der Waals surface area contributed by atoms with Crippen LogP contribution in [0.15, 0.2) is 42.5 Å². The summed E-state index contributed by atoms with van der Waals surface area (Å²) < 4.78 is 0. The van der Waals surface area contributed by atoms with Crippen molar-refractivity contribution in [3.63, 3.8) is 0 Å². The Labute approximate surface area is 92.2 Å². The molecule has 0 heterocycles. The minimum absolute atomic E-state index is 0.695. The van der Waals surface area contributed by atoms with Gasteiger partial charge in [-0.3, -0.25) is 0 Å². The molecule has 80 valence electrons. The van der Waals surface area contributed by atoms with E-state index in [1.165, 1.54) is 31.2 Å². The molecule has 0 unspecified atom stereocenters. The van der Waals surface area contributed by atoms with Crippen molar-refractivity contribution < 1.29 is 0 Å². The summed E-state index contributed by atoms with van der Waals surface area (Å²) in [4.78, 5) is 0. The highest BCUT2D eigenvalue weighted by Crippen LogP contribution is 2.12. The Morgan fingerprint density at radius 3 is 2.33 bits per heavy atom. The lowest BCUT2D eigenvalue weighted by Crippen LogP contribution is -2.27. The first kappa shape index (κ1) is 10.4. The maximum absolute atomic E-state index is 3.64. The van der Waals surface area contributed by atoms with E-state index in [1.807, 2.05) is 0 Å². The van der Waals surface area contributed by atoms with Crippen molar-refractivity contribution in [1.82, 2.24) is 5.32 Å². The van der Waals surface area contributed by atoms with Gasteiger partial charge in [0.25, 0.3) is 0 Å². The van der Waals surface area contributed by atoms with E-state index in [0.29, 0.717) is 6.04 Å². The summed E-state index contributed by atoms with van der Waals surface area (Å²) >= 11 is 0. The van der Waals surface area contributed by atoms with Gasteiger partial charge in [-0.05, 0) is 31.2 Å². The second kappa shape index (κ2) is 5.72. The van der Waals surface area contributed by atoms with Crippen LogP contribution in [-0.2, 0) is 6.54 Å². The van der Waals surface area contributed by atoms with Crippen molar-refractivity contribution in [1.29, 1.82) is 0 Å². The normalized spacial score (nSPS) is 17.6. The molecule has 0 aromatic heterocycles. The molecule has 0 saturated carbocycles. The fraction of sp³-hybridized carbons (Fsp3) is 0.429. The summed E-state index contributed by atoms with van der Waals surface area (Å²) in [5.41, 5.74) is 1.38. The van der Waals surface area contributed by atoms with Crippen LogP contribution in [0.4, 0.5) is 0 Å². The molecule has 0 spiro atoms. The highest BCUT2D eigenvalue weighted by atomic mass is 14.9. The van der Waals surface area contributed by atoms with Crippen molar-refractivity contribution in [2.24, 2.45) is 0 Å². The van der Waals surface area contributed by atoms with Crippen LogP contribution in [0.2, 0.25) is 0 Å². The van der Waals surface area contributed by atoms with Crippen LogP contribution in [0.1, 0.15) is 31.2 Å². The molecule has 15 heavy (non-hydrogen) atoms. The molecule has 0 saturated heterocycles. The largest absolute Gasteiger partial charge is 0.310 e. The Hall–Kier alpha value is -1.08. The molecule has 1 nitrogen and oxygen atoms in total. The van der Waals surface area contributed by atoms with Crippen molar-refractivity contribution in [3.05, 3.63) is 48.0 Å². The van der Waals surface area contributed by atoms with Gasteiger partial charge in [0, 0.05) is 12.6 Å². The number of hydrogen-bond acceptors (Lipinski definition) is 1. The fourth-order valence-corrected chi connectivity index (χ4v) is 2.04. The average Bonchev–Trinajstić information content (AvgIpc) is 2.56. The topological polar surface area (TPSA) is 12.0 Å². The predicted octanol–water partition coefficient (Wildman–Crippen LogP) is 3.28. The standard InChI is InChI=1S/C14H19N/c1-2-7-11-14(10-6-1)15-12-13-8-4-3-5-9-13/h1-5,8-9,14-15H,6-7,10-12H2. The lowest BCUT2D eigenvalue weighted by atomic mass is 10.1. The van der Waals surface area contributed by atoms with Crippen molar-refractivity contribution in [2.45, 2.75) is 38.3 Å². The van der Waals surface area contributed by atoms with E-state index in [1.54, 1.807) is 0 Å². The van der Waals surface area contributed by atoms with Gasteiger partial charge < -0.3 is 5.32 Å². The van der Waals surface area contributed by atoms with Gasteiger partial charge in [-0.2, -0.15) is 0 Å². The molecule has 1 aliphatic carbocycles. The third kappa shape index (κ3) is 3.52. The Kier molecular flexibility index (Phi) is 3.98. The van der Waals surface area contributed by atoms with Gasteiger partial charge in [-0.15, -0.1) is 0 Å². The number of allylic oxidation sites excluding steroid dienone is 2. The molecule has 0 radical (unpaired) electrons. The molecule has 0 amide bonds. The van der Waals surface area contributed by atoms with Crippen LogP contribution in [0.5, 0.6) is 0 Å². The zero-order valence-electron chi connectivity index (χ0n) is 9.15. The van der Waals surface area contributed by atoms with Crippen LogP contribution in [-0.4, -0.2) is 6.04 Å². The third-order valence-corrected chi connectivity index (χ3v) is 2.97. The van der Waals surface area contributed by atoms with Gasteiger partial charge in [0.1, 0.15) is 0 Å². The van der Waals surface area contributed by atoms with Gasteiger partial charge in [0.05, 0.1) is 0 Å². The van der Waals surface area contributed by atoms with E-state index < -0.39 is 0 Å². The maximum atomic E-state index is 3.64. The minimum atomic E-state index is 0.695. The number of benzene rings is 1. The molecule has 0 aliphatic heterocycles. The molecule has 2 rings (SSSR count). The predicted molar refractivity (Wildman–Crippen MR) is 64.7 cm³/mol. The zero-order valence-corrected chi connectivity index (χ0v) is 9.15.